The predicted molar refractivity (Wildman–Crippen MR) is 82.0 cm³/mol. The van der Waals surface area contributed by atoms with E-state index >= 15 is 0 Å². The van der Waals surface area contributed by atoms with E-state index in [4.69, 9.17) is 0 Å². The first-order valence-electron chi connectivity index (χ1n) is 6.14. The second kappa shape index (κ2) is 5.09. The average molecular weight is 330 g/mol. The van der Waals surface area contributed by atoms with Crippen LogP contribution in [0.3, 0.4) is 0 Å². The molecule has 1 amide bonds. The highest BCUT2D eigenvalue weighted by Gasteiger charge is 2.08. The molecule has 0 atom stereocenters. The molecule has 1 aromatic carbocycles. The lowest BCUT2D eigenvalue weighted by molar-refractivity contribution is 0.102. The lowest BCUT2D eigenvalue weighted by Gasteiger charge is -2.07. The van der Waals surface area contributed by atoms with Crippen molar-refractivity contribution in [2.45, 2.75) is 6.92 Å². The van der Waals surface area contributed by atoms with Crippen molar-refractivity contribution in [3.8, 4) is 0 Å². The maximum absolute atomic E-state index is 12.2. The normalized spacial score (nSPS) is 10.7. The molecule has 0 aliphatic carbocycles. The fourth-order valence-corrected chi connectivity index (χ4v) is 2.31. The first kappa shape index (κ1) is 12.9. The van der Waals surface area contributed by atoms with E-state index < -0.39 is 0 Å². The summed E-state index contributed by atoms with van der Waals surface area (Å²) in [5.41, 5.74) is 3.30. The molecule has 4 nitrogen and oxygen atoms in total. The van der Waals surface area contributed by atoms with Gasteiger partial charge in [-0.2, -0.15) is 0 Å². The van der Waals surface area contributed by atoms with Gasteiger partial charge < -0.3 is 9.72 Å². The maximum atomic E-state index is 12.2. The predicted octanol–water partition coefficient (Wildman–Crippen LogP) is 3.66. The minimum atomic E-state index is -0.142. The highest BCUT2D eigenvalue weighted by atomic mass is 79.9. The number of benzene rings is 1. The molecule has 2 heterocycles. The molecular weight excluding hydrogens is 318 g/mol. The third-order valence-corrected chi connectivity index (χ3v) is 3.93. The van der Waals surface area contributed by atoms with E-state index in [1.165, 1.54) is 0 Å². The second-order valence-electron chi connectivity index (χ2n) is 4.53. The number of aromatic nitrogens is 2. The van der Waals surface area contributed by atoms with Crippen LogP contribution in [-0.2, 0) is 0 Å². The summed E-state index contributed by atoms with van der Waals surface area (Å²) >= 11 is 3.46. The van der Waals surface area contributed by atoms with Gasteiger partial charge in [-0.3, -0.25) is 4.79 Å². The fraction of sp³-hybridized carbons (Fsp3) is 0.0667. The van der Waals surface area contributed by atoms with Gasteiger partial charge in [0.2, 0.25) is 0 Å². The van der Waals surface area contributed by atoms with Crippen LogP contribution in [0, 0.1) is 6.92 Å². The Morgan fingerprint density at radius 3 is 2.95 bits per heavy atom. The molecule has 1 N–H and O–H groups in total. The van der Waals surface area contributed by atoms with E-state index in [-0.39, 0.29) is 5.91 Å². The van der Waals surface area contributed by atoms with Crippen molar-refractivity contribution in [1.82, 2.24) is 9.38 Å². The number of amides is 1. The van der Waals surface area contributed by atoms with Gasteiger partial charge in [-0.25, -0.2) is 4.98 Å². The molecule has 0 fully saturated rings. The monoisotopic (exact) mass is 329 g/mol. The SMILES string of the molecule is Cc1ccc(NC(=O)c2ccc3nccn3c2)cc1Br. The Kier molecular flexibility index (Phi) is 3.28. The third kappa shape index (κ3) is 2.44. The van der Waals surface area contributed by atoms with Crippen LogP contribution >= 0.6 is 15.9 Å². The van der Waals surface area contributed by atoms with Gasteiger partial charge in [0.15, 0.2) is 0 Å². The second-order valence-corrected chi connectivity index (χ2v) is 5.38. The molecule has 0 bridgehead atoms. The van der Waals surface area contributed by atoms with Crippen LogP contribution in [0.2, 0.25) is 0 Å². The van der Waals surface area contributed by atoms with Gasteiger partial charge in [0.1, 0.15) is 5.65 Å². The maximum Gasteiger partial charge on any atom is 0.257 e. The molecule has 0 spiro atoms. The smallest absolute Gasteiger partial charge is 0.257 e. The first-order chi connectivity index (χ1) is 9.63. The Morgan fingerprint density at radius 2 is 2.15 bits per heavy atom. The van der Waals surface area contributed by atoms with Gasteiger partial charge in [0.05, 0.1) is 5.56 Å². The number of carbonyl (C=O) groups is 1. The minimum Gasteiger partial charge on any atom is -0.322 e. The van der Waals surface area contributed by atoms with E-state index in [9.17, 15) is 4.79 Å². The molecular formula is C15H12BrN3O. The molecule has 0 radical (unpaired) electrons. The van der Waals surface area contributed by atoms with E-state index in [1.807, 2.05) is 41.8 Å². The zero-order chi connectivity index (χ0) is 14.1. The van der Waals surface area contributed by atoms with Crippen LogP contribution in [0.4, 0.5) is 5.69 Å². The Bertz CT molecular complexity index is 795. The Morgan fingerprint density at radius 1 is 1.30 bits per heavy atom. The van der Waals surface area contributed by atoms with Gasteiger partial charge in [-0.15, -0.1) is 0 Å². The Balaban J connectivity index is 1.86. The summed E-state index contributed by atoms with van der Waals surface area (Å²) in [7, 11) is 0. The van der Waals surface area contributed by atoms with E-state index in [1.54, 1.807) is 18.5 Å². The molecule has 20 heavy (non-hydrogen) atoms. The number of fused-ring (bicyclic) bond motifs is 1. The molecule has 5 heteroatoms. The Labute approximate surface area is 124 Å². The highest BCUT2D eigenvalue weighted by Crippen LogP contribution is 2.21. The zero-order valence-electron chi connectivity index (χ0n) is 10.8. The average Bonchev–Trinajstić information content (AvgIpc) is 2.90. The van der Waals surface area contributed by atoms with Gasteiger partial charge in [-0.1, -0.05) is 22.0 Å². The van der Waals surface area contributed by atoms with Gasteiger partial charge >= 0.3 is 0 Å². The largest absolute Gasteiger partial charge is 0.322 e. The summed E-state index contributed by atoms with van der Waals surface area (Å²) in [5.74, 6) is -0.142. The van der Waals surface area contributed by atoms with Crippen molar-refractivity contribution >= 4 is 33.2 Å². The van der Waals surface area contributed by atoms with Crippen molar-refractivity contribution in [2.75, 3.05) is 5.32 Å². The van der Waals surface area contributed by atoms with Crippen LogP contribution in [-0.4, -0.2) is 15.3 Å². The lowest BCUT2D eigenvalue weighted by atomic mass is 10.2. The number of carbonyl (C=O) groups excluding carboxylic acids is 1. The molecule has 3 aromatic rings. The summed E-state index contributed by atoms with van der Waals surface area (Å²) in [5, 5.41) is 2.88. The number of nitrogens with one attached hydrogen (secondary N) is 1. The van der Waals surface area contributed by atoms with Gasteiger partial charge in [-0.05, 0) is 36.8 Å². The number of nitrogens with zero attached hydrogens (tertiary/aromatic N) is 2. The number of hydrogen-bond donors (Lipinski definition) is 1. The third-order valence-electron chi connectivity index (χ3n) is 3.08. The number of halogens is 1. The molecule has 0 unspecified atom stereocenters. The number of hydrogen-bond acceptors (Lipinski definition) is 2. The molecule has 0 aliphatic rings. The molecule has 0 aliphatic heterocycles. The van der Waals surface area contributed by atoms with Crippen LogP contribution in [0.25, 0.3) is 5.65 Å². The summed E-state index contributed by atoms with van der Waals surface area (Å²) < 4.78 is 2.79. The molecule has 2 aromatic heterocycles. The number of imidazole rings is 1. The van der Waals surface area contributed by atoms with Gasteiger partial charge in [0.25, 0.3) is 5.91 Å². The van der Waals surface area contributed by atoms with Crippen LogP contribution in [0.5, 0.6) is 0 Å². The van der Waals surface area contributed by atoms with Crippen molar-refractivity contribution in [1.29, 1.82) is 0 Å². The topological polar surface area (TPSA) is 46.4 Å². The number of aryl methyl sites for hydroxylation is 1. The van der Waals surface area contributed by atoms with E-state index in [0.29, 0.717) is 5.56 Å². The summed E-state index contributed by atoms with van der Waals surface area (Å²) in [6, 6.07) is 9.32. The molecule has 100 valence electrons. The van der Waals surface area contributed by atoms with Crippen LogP contribution < -0.4 is 5.32 Å². The Hall–Kier alpha value is -2.14. The summed E-state index contributed by atoms with van der Waals surface area (Å²) in [4.78, 5) is 16.4. The zero-order valence-corrected chi connectivity index (χ0v) is 12.4. The number of pyridine rings is 1. The highest BCUT2D eigenvalue weighted by molar-refractivity contribution is 9.10. The summed E-state index contributed by atoms with van der Waals surface area (Å²) in [6.45, 7) is 2.00. The first-order valence-corrected chi connectivity index (χ1v) is 6.93. The van der Waals surface area contributed by atoms with Crippen LogP contribution in [0.15, 0.2) is 53.4 Å². The van der Waals surface area contributed by atoms with Crippen molar-refractivity contribution < 1.29 is 4.79 Å². The van der Waals surface area contributed by atoms with E-state index in [0.717, 1.165) is 21.4 Å². The van der Waals surface area contributed by atoms with Crippen molar-refractivity contribution in [3.63, 3.8) is 0 Å². The lowest BCUT2D eigenvalue weighted by Crippen LogP contribution is -2.12. The van der Waals surface area contributed by atoms with Crippen molar-refractivity contribution in [2.24, 2.45) is 0 Å². The number of rotatable bonds is 2. The quantitative estimate of drug-likeness (QED) is 0.779. The number of anilines is 1. The van der Waals surface area contributed by atoms with Gasteiger partial charge in [0, 0.05) is 28.8 Å². The standard InChI is InChI=1S/C15H12BrN3O/c1-10-2-4-12(8-13(10)16)18-15(20)11-3-5-14-17-6-7-19(14)9-11/h2-9H,1H3,(H,18,20). The van der Waals surface area contributed by atoms with E-state index in [2.05, 4.69) is 26.2 Å². The molecule has 0 saturated carbocycles. The molecule has 3 rings (SSSR count). The fourth-order valence-electron chi connectivity index (χ4n) is 1.93. The molecule has 0 saturated heterocycles. The minimum absolute atomic E-state index is 0.142. The summed E-state index contributed by atoms with van der Waals surface area (Å²) in [6.07, 6.45) is 5.28. The van der Waals surface area contributed by atoms with Crippen LogP contribution in [0.1, 0.15) is 15.9 Å². The van der Waals surface area contributed by atoms with Crippen molar-refractivity contribution in [3.05, 3.63) is 64.5 Å².